The van der Waals surface area contributed by atoms with Crippen molar-refractivity contribution in [3.63, 3.8) is 0 Å². The number of piperazine rings is 1. The second kappa shape index (κ2) is 10.4. The Labute approximate surface area is 196 Å². The van der Waals surface area contributed by atoms with Crippen LogP contribution in [0, 0.1) is 0 Å². The molecule has 0 radical (unpaired) electrons. The predicted octanol–water partition coefficient (Wildman–Crippen LogP) is 5.09. The van der Waals surface area contributed by atoms with Crippen molar-refractivity contribution in [1.29, 1.82) is 0 Å². The molecule has 1 fully saturated rings. The fourth-order valence-corrected chi connectivity index (χ4v) is 5.48. The Hall–Kier alpha value is -1.46. The van der Waals surface area contributed by atoms with Gasteiger partial charge >= 0.3 is 0 Å². The molecule has 31 heavy (non-hydrogen) atoms. The van der Waals surface area contributed by atoms with E-state index in [1.807, 2.05) is 24.3 Å². The number of fused-ring (bicyclic) bond motifs is 1. The molecule has 6 heteroatoms. The van der Waals surface area contributed by atoms with Crippen LogP contribution in [-0.2, 0) is 12.8 Å². The summed E-state index contributed by atoms with van der Waals surface area (Å²) in [5.41, 5.74) is 3.53. The third kappa shape index (κ3) is 5.31. The summed E-state index contributed by atoms with van der Waals surface area (Å²) in [6.45, 7) is 9.65. The van der Waals surface area contributed by atoms with Gasteiger partial charge in [0.2, 0.25) is 0 Å². The summed E-state index contributed by atoms with van der Waals surface area (Å²) >= 11 is 12.6. The van der Waals surface area contributed by atoms with Crippen molar-refractivity contribution in [3.8, 4) is 5.75 Å². The third-order valence-electron chi connectivity index (χ3n) is 6.81. The second-order valence-corrected chi connectivity index (χ2v) is 9.53. The van der Waals surface area contributed by atoms with E-state index in [1.54, 1.807) is 0 Å². The number of hydrogen-bond donors (Lipinski definition) is 1. The predicted molar refractivity (Wildman–Crippen MR) is 131 cm³/mol. The van der Waals surface area contributed by atoms with Crippen molar-refractivity contribution in [1.82, 2.24) is 9.80 Å². The van der Waals surface area contributed by atoms with Gasteiger partial charge in [-0.1, -0.05) is 48.3 Å². The molecule has 1 N–H and O–H groups in total. The molecule has 0 bridgehead atoms. The maximum atomic E-state index is 10.2. The normalized spacial score (nSPS) is 19.6. The van der Waals surface area contributed by atoms with Crippen molar-refractivity contribution in [2.45, 2.75) is 38.6 Å². The van der Waals surface area contributed by atoms with Gasteiger partial charge in [0.15, 0.2) is 0 Å². The first-order chi connectivity index (χ1) is 15.1. The Morgan fingerprint density at radius 1 is 1.03 bits per heavy atom. The van der Waals surface area contributed by atoms with Gasteiger partial charge in [0.25, 0.3) is 0 Å². The molecule has 2 aliphatic rings. The SMILES string of the molecule is CCCN(CCN1CCN(c2cccc(Cl)c2Cl)CC1)C1CCc2c(O)cccc2C1. The molecule has 0 spiro atoms. The van der Waals surface area contributed by atoms with Gasteiger partial charge in [-0.15, -0.1) is 0 Å². The molecular weight excluding hydrogens is 429 g/mol. The van der Waals surface area contributed by atoms with E-state index in [1.165, 1.54) is 12.0 Å². The smallest absolute Gasteiger partial charge is 0.119 e. The summed E-state index contributed by atoms with van der Waals surface area (Å²) < 4.78 is 0. The number of rotatable bonds is 7. The number of phenolic OH excluding ortho intramolecular Hbond substituents is 1. The van der Waals surface area contributed by atoms with Gasteiger partial charge in [-0.05, 0) is 61.6 Å². The zero-order chi connectivity index (χ0) is 21.8. The molecule has 2 aromatic rings. The maximum Gasteiger partial charge on any atom is 0.119 e. The van der Waals surface area contributed by atoms with Crippen molar-refractivity contribution >= 4 is 28.9 Å². The van der Waals surface area contributed by atoms with Gasteiger partial charge in [-0.3, -0.25) is 9.80 Å². The molecule has 1 atom stereocenters. The Morgan fingerprint density at radius 3 is 2.58 bits per heavy atom. The molecule has 1 aliphatic heterocycles. The van der Waals surface area contributed by atoms with E-state index >= 15 is 0 Å². The van der Waals surface area contributed by atoms with Crippen LogP contribution in [0.4, 0.5) is 5.69 Å². The summed E-state index contributed by atoms with van der Waals surface area (Å²) in [7, 11) is 0. The lowest BCUT2D eigenvalue weighted by molar-refractivity contribution is 0.145. The molecule has 168 valence electrons. The first-order valence-corrected chi connectivity index (χ1v) is 12.3. The van der Waals surface area contributed by atoms with Crippen LogP contribution in [0.1, 0.15) is 30.9 Å². The number of benzene rings is 2. The number of aromatic hydroxyl groups is 1. The summed E-state index contributed by atoms with van der Waals surface area (Å²) in [6.07, 6.45) is 4.33. The fourth-order valence-electron chi connectivity index (χ4n) is 5.06. The molecule has 1 saturated heterocycles. The van der Waals surface area contributed by atoms with E-state index in [-0.39, 0.29) is 0 Å². The first kappa shape index (κ1) is 22.7. The van der Waals surface area contributed by atoms with Crippen LogP contribution in [0.15, 0.2) is 36.4 Å². The average molecular weight is 462 g/mol. The summed E-state index contributed by atoms with van der Waals surface area (Å²) in [4.78, 5) is 7.59. The monoisotopic (exact) mass is 461 g/mol. The van der Waals surface area contributed by atoms with Crippen molar-refractivity contribution < 1.29 is 5.11 Å². The van der Waals surface area contributed by atoms with Gasteiger partial charge in [0, 0.05) is 45.3 Å². The van der Waals surface area contributed by atoms with Crippen LogP contribution < -0.4 is 4.90 Å². The number of halogens is 2. The van der Waals surface area contributed by atoms with Crippen LogP contribution in [-0.4, -0.2) is 66.8 Å². The van der Waals surface area contributed by atoms with Crippen molar-refractivity contribution in [2.24, 2.45) is 0 Å². The molecule has 1 aliphatic carbocycles. The highest BCUT2D eigenvalue weighted by molar-refractivity contribution is 6.43. The van der Waals surface area contributed by atoms with Crippen LogP contribution in [0.25, 0.3) is 0 Å². The Kier molecular flexibility index (Phi) is 7.65. The number of phenols is 1. The highest BCUT2D eigenvalue weighted by Crippen LogP contribution is 2.33. The summed E-state index contributed by atoms with van der Waals surface area (Å²) in [5.74, 6) is 0.468. The maximum absolute atomic E-state index is 10.2. The Morgan fingerprint density at radius 2 is 1.81 bits per heavy atom. The fraction of sp³-hybridized carbons (Fsp3) is 0.520. The summed E-state index contributed by atoms with van der Waals surface area (Å²) in [5, 5.41) is 11.4. The topological polar surface area (TPSA) is 30.0 Å². The van der Waals surface area contributed by atoms with Crippen molar-refractivity contribution in [2.75, 3.05) is 50.7 Å². The minimum Gasteiger partial charge on any atom is -0.508 e. The minimum absolute atomic E-state index is 0.468. The van der Waals surface area contributed by atoms with Crippen LogP contribution in [0.5, 0.6) is 5.75 Å². The van der Waals surface area contributed by atoms with Crippen LogP contribution >= 0.6 is 23.2 Å². The van der Waals surface area contributed by atoms with Gasteiger partial charge in [-0.25, -0.2) is 0 Å². The zero-order valence-corrected chi connectivity index (χ0v) is 19.9. The standard InChI is InChI=1S/C25H33Cl2N3O/c1-2-11-29(20-9-10-21-19(18-20)5-3-8-24(21)31)15-12-28-13-16-30(17-14-28)23-7-4-6-22(26)25(23)27/h3-8,20,31H,2,9-18H2,1H3. The van der Waals surface area contributed by atoms with Gasteiger partial charge in [-0.2, -0.15) is 0 Å². The van der Waals surface area contributed by atoms with E-state index in [2.05, 4.69) is 33.8 Å². The molecule has 0 amide bonds. The second-order valence-electron chi connectivity index (χ2n) is 8.75. The molecular formula is C25H33Cl2N3O. The minimum atomic E-state index is 0.468. The molecule has 2 aromatic carbocycles. The molecule has 4 rings (SSSR count). The van der Waals surface area contributed by atoms with Crippen LogP contribution in [0.3, 0.4) is 0 Å². The van der Waals surface area contributed by atoms with Crippen LogP contribution in [0.2, 0.25) is 10.0 Å². The summed E-state index contributed by atoms with van der Waals surface area (Å²) in [6, 6.07) is 12.4. The van der Waals surface area contributed by atoms with E-state index in [0.717, 1.165) is 76.3 Å². The van der Waals surface area contributed by atoms with Gasteiger partial charge in [0.05, 0.1) is 15.7 Å². The van der Waals surface area contributed by atoms with Gasteiger partial charge in [0.1, 0.15) is 5.75 Å². The third-order valence-corrected chi connectivity index (χ3v) is 7.62. The number of hydrogen-bond acceptors (Lipinski definition) is 4. The van der Waals surface area contributed by atoms with Gasteiger partial charge < -0.3 is 10.0 Å². The molecule has 1 heterocycles. The van der Waals surface area contributed by atoms with Crippen molar-refractivity contribution in [3.05, 3.63) is 57.6 Å². The van der Waals surface area contributed by atoms with E-state index < -0.39 is 0 Å². The molecule has 0 aromatic heterocycles. The lowest BCUT2D eigenvalue weighted by atomic mass is 9.87. The largest absolute Gasteiger partial charge is 0.508 e. The van der Waals surface area contributed by atoms with E-state index in [0.29, 0.717) is 21.8 Å². The number of nitrogens with zero attached hydrogens (tertiary/aromatic N) is 3. The van der Waals surface area contributed by atoms with E-state index in [9.17, 15) is 5.11 Å². The lowest BCUT2D eigenvalue weighted by Gasteiger charge is -2.39. The lowest BCUT2D eigenvalue weighted by Crippen LogP contribution is -2.50. The average Bonchev–Trinajstić information content (AvgIpc) is 2.79. The molecule has 0 saturated carbocycles. The Balaban J connectivity index is 1.31. The highest BCUT2D eigenvalue weighted by Gasteiger charge is 2.26. The molecule has 4 nitrogen and oxygen atoms in total. The zero-order valence-electron chi connectivity index (χ0n) is 18.4. The number of anilines is 1. The first-order valence-electron chi connectivity index (χ1n) is 11.5. The Bertz CT molecular complexity index is 883. The highest BCUT2D eigenvalue weighted by atomic mass is 35.5. The van der Waals surface area contributed by atoms with E-state index in [4.69, 9.17) is 23.2 Å². The molecule has 1 unspecified atom stereocenters. The quantitative estimate of drug-likeness (QED) is 0.621.